The van der Waals surface area contributed by atoms with E-state index in [0.717, 1.165) is 64.4 Å². The average Bonchev–Trinajstić information content (AvgIpc) is 3.78. The monoisotopic (exact) mass is 764 g/mol. The van der Waals surface area contributed by atoms with Gasteiger partial charge in [-0.15, -0.1) is 25.3 Å². The van der Waals surface area contributed by atoms with Gasteiger partial charge in [0.05, 0.1) is 0 Å². The van der Waals surface area contributed by atoms with Gasteiger partial charge in [-0.2, -0.15) is 0 Å². The molecule has 0 fully saturated rings. The second kappa shape index (κ2) is 12.8. The number of hydrogen-bond acceptors (Lipinski definition) is 4. The Hall–Kier alpha value is -5.08. The fourth-order valence-electron chi connectivity index (χ4n) is 8.41. The molecular formula is C48H30O2P2S2. The highest BCUT2D eigenvalue weighted by atomic mass is 32.1. The molecule has 0 radical (unpaired) electrons. The molecule has 54 heavy (non-hydrogen) atoms. The van der Waals surface area contributed by atoms with Gasteiger partial charge in [0.25, 0.3) is 0 Å². The normalized spacial score (nSPS) is 12.2. The Morgan fingerprint density at radius 3 is 0.870 bits per heavy atom. The van der Waals surface area contributed by atoms with Gasteiger partial charge in [0, 0.05) is 52.9 Å². The number of thiol groups is 2. The van der Waals surface area contributed by atoms with Gasteiger partial charge in [0.2, 0.25) is 0 Å². The molecule has 6 heteroatoms. The lowest BCUT2D eigenvalue weighted by Gasteiger charge is -2.25. The van der Waals surface area contributed by atoms with Gasteiger partial charge >= 0.3 is 0 Å². The number of furan rings is 2. The highest BCUT2D eigenvalue weighted by Gasteiger charge is 2.30. The van der Waals surface area contributed by atoms with Gasteiger partial charge in [-0.05, 0) is 96.2 Å². The standard InChI is InChI=1S/C48H30O2P2S2/c53-39-27-23-35-43-41-33(49-35)21-25-37(51(29-13-5-1-6-14-29)30-15-7-2-8-16-30)45(41)46-38(52(31-17-9-3-10-18-31)32-19-11-4-12-20-32)26-22-34-42(46)44-36(50-34)24-28-40(54)48(44)47(39)43/h1-28,53-54H. The Kier molecular flexibility index (Phi) is 7.65. The second-order valence-corrected chi connectivity index (χ2v) is 18.9. The molecule has 2 heterocycles. The first-order valence-corrected chi connectivity index (χ1v) is 21.5. The number of rotatable bonds is 6. The van der Waals surface area contributed by atoms with Crippen LogP contribution in [0.15, 0.2) is 188 Å². The van der Waals surface area contributed by atoms with E-state index in [2.05, 4.69) is 170 Å². The summed E-state index contributed by atoms with van der Waals surface area (Å²) in [5.74, 6) is 0. The molecular weight excluding hydrogens is 735 g/mol. The molecule has 0 aliphatic heterocycles. The van der Waals surface area contributed by atoms with Crippen LogP contribution in [0, 0.1) is 0 Å². The maximum Gasteiger partial charge on any atom is 0.136 e. The third-order valence-corrected chi connectivity index (χ3v) is 16.3. The van der Waals surface area contributed by atoms with E-state index >= 15 is 0 Å². The summed E-state index contributed by atoms with van der Waals surface area (Å²) >= 11 is 10.4. The zero-order valence-electron chi connectivity index (χ0n) is 28.8. The zero-order chi connectivity index (χ0) is 35.9. The van der Waals surface area contributed by atoms with Crippen molar-refractivity contribution in [3.8, 4) is 0 Å². The van der Waals surface area contributed by atoms with Crippen LogP contribution in [0.2, 0.25) is 0 Å². The van der Waals surface area contributed by atoms with E-state index in [1.165, 1.54) is 42.6 Å². The highest BCUT2D eigenvalue weighted by Crippen LogP contribution is 2.51. The highest BCUT2D eigenvalue weighted by molar-refractivity contribution is 7.81. The van der Waals surface area contributed by atoms with Crippen LogP contribution < -0.4 is 31.8 Å². The molecule has 0 spiro atoms. The molecule has 2 nitrogen and oxygen atoms in total. The largest absolute Gasteiger partial charge is 0.456 e. The number of fused-ring (bicyclic) bond motifs is 2. The lowest BCUT2D eigenvalue weighted by atomic mass is 9.94. The summed E-state index contributed by atoms with van der Waals surface area (Å²) in [5.41, 5.74) is 3.37. The minimum Gasteiger partial charge on any atom is -0.456 e. The molecule has 0 saturated heterocycles. The predicted octanol–water partition coefficient (Wildman–Crippen LogP) is 11.3. The molecule has 0 bridgehead atoms. The molecule has 2 aromatic heterocycles. The zero-order valence-corrected chi connectivity index (χ0v) is 32.3. The van der Waals surface area contributed by atoms with Gasteiger partial charge in [-0.25, -0.2) is 0 Å². The first kappa shape index (κ1) is 32.4. The SMILES string of the molecule is Sc1ccc2oc3ccc(P(c4ccccc4)c4ccccc4)c4c5c(P(c6ccccc6)c6ccccc6)ccc6oc7ccc(S)c(c1c2c34)c7c65. The Morgan fingerprint density at radius 2 is 0.556 bits per heavy atom. The Bertz CT molecular complexity index is 2880. The van der Waals surface area contributed by atoms with Crippen molar-refractivity contribution in [1.29, 1.82) is 0 Å². The molecule has 11 aromatic rings. The van der Waals surface area contributed by atoms with E-state index in [0.29, 0.717) is 0 Å². The lowest BCUT2D eigenvalue weighted by Crippen LogP contribution is -2.24. The van der Waals surface area contributed by atoms with E-state index < -0.39 is 15.8 Å². The molecule has 0 unspecified atom stereocenters. The molecule has 0 atom stereocenters. The number of benzene rings is 8. The van der Waals surface area contributed by atoms with Gasteiger partial charge in [0.15, 0.2) is 0 Å². The molecule has 0 aliphatic carbocycles. The molecule has 0 N–H and O–H groups in total. The van der Waals surface area contributed by atoms with Crippen molar-refractivity contribution >= 4 is 138 Å². The van der Waals surface area contributed by atoms with Crippen LogP contribution in [0.5, 0.6) is 0 Å². The molecule has 0 saturated carbocycles. The maximum absolute atomic E-state index is 6.87. The van der Waals surface area contributed by atoms with Crippen LogP contribution >= 0.6 is 41.1 Å². The van der Waals surface area contributed by atoms with Gasteiger partial charge in [-0.3, -0.25) is 0 Å². The van der Waals surface area contributed by atoms with Crippen molar-refractivity contribution in [2.45, 2.75) is 9.79 Å². The summed E-state index contributed by atoms with van der Waals surface area (Å²) in [6.07, 6.45) is 0. The summed E-state index contributed by atoms with van der Waals surface area (Å²) < 4.78 is 13.7. The Balaban J connectivity index is 1.47. The van der Waals surface area contributed by atoms with Crippen molar-refractivity contribution in [3.63, 3.8) is 0 Å². The van der Waals surface area contributed by atoms with Gasteiger partial charge in [-0.1, -0.05) is 121 Å². The van der Waals surface area contributed by atoms with E-state index in [1.807, 2.05) is 0 Å². The topological polar surface area (TPSA) is 26.3 Å². The van der Waals surface area contributed by atoms with Crippen LogP contribution in [0.1, 0.15) is 0 Å². The summed E-state index contributed by atoms with van der Waals surface area (Å²) in [4.78, 5) is 1.75. The quantitative estimate of drug-likeness (QED) is 0.130. The number of hydrogen-bond donors (Lipinski definition) is 2. The van der Waals surface area contributed by atoms with Crippen LogP contribution in [0.25, 0.3) is 65.4 Å². The van der Waals surface area contributed by atoms with E-state index in [4.69, 9.17) is 34.1 Å². The summed E-state index contributed by atoms with van der Waals surface area (Å²) in [5, 5.41) is 16.5. The van der Waals surface area contributed by atoms with E-state index in [9.17, 15) is 0 Å². The fraction of sp³-hybridized carbons (Fsp3) is 0. The van der Waals surface area contributed by atoms with E-state index in [1.54, 1.807) is 0 Å². The van der Waals surface area contributed by atoms with E-state index in [-0.39, 0.29) is 0 Å². The summed E-state index contributed by atoms with van der Waals surface area (Å²) in [6, 6.07) is 61.2. The minimum atomic E-state index is -1.02. The van der Waals surface area contributed by atoms with Crippen molar-refractivity contribution in [1.82, 2.24) is 0 Å². The van der Waals surface area contributed by atoms with Crippen molar-refractivity contribution in [3.05, 3.63) is 170 Å². The maximum atomic E-state index is 6.87. The Labute approximate surface area is 325 Å². The smallest absolute Gasteiger partial charge is 0.136 e. The molecule has 0 aliphatic rings. The van der Waals surface area contributed by atoms with Crippen LogP contribution in [0.3, 0.4) is 0 Å². The van der Waals surface area contributed by atoms with Crippen molar-refractivity contribution in [2.24, 2.45) is 0 Å². The minimum absolute atomic E-state index is 0.832. The summed E-state index contributed by atoms with van der Waals surface area (Å²) in [7, 11) is -2.04. The Morgan fingerprint density at radius 1 is 0.278 bits per heavy atom. The fourth-order valence-corrected chi connectivity index (χ4v) is 13.9. The molecule has 0 amide bonds. The lowest BCUT2D eigenvalue weighted by molar-refractivity contribution is 0.668. The average molecular weight is 765 g/mol. The van der Waals surface area contributed by atoms with Crippen LogP contribution in [-0.4, -0.2) is 0 Å². The molecule has 9 aromatic carbocycles. The van der Waals surface area contributed by atoms with Gasteiger partial charge < -0.3 is 8.83 Å². The predicted molar refractivity (Wildman–Crippen MR) is 239 cm³/mol. The molecule has 11 rings (SSSR count). The third-order valence-electron chi connectivity index (χ3n) is 10.6. The van der Waals surface area contributed by atoms with Gasteiger partial charge in [0.1, 0.15) is 22.3 Å². The van der Waals surface area contributed by atoms with Crippen LogP contribution in [-0.2, 0) is 0 Å². The third kappa shape index (κ3) is 4.84. The second-order valence-electron chi connectivity index (χ2n) is 13.5. The first-order valence-electron chi connectivity index (χ1n) is 17.9. The van der Waals surface area contributed by atoms with Crippen molar-refractivity contribution < 1.29 is 8.83 Å². The first-order chi connectivity index (χ1) is 26.7. The summed E-state index contributed by atoms with van der Waals surface area (Å²) in [6.45, 7) is 0. The molecule has 256 valence electrons. The van der Waals surface area contributed by atoms with Crippen molar-refractivity contribution in [2.75, 3.05) is 0 Å². The van der Waals surface area contributed by atoms with Crippen LogP contribution in [0.4, 0.5) is 0 Å².